The highest BCUT2D eigenvalue weighted by atomic mass is 79.9. The van der Waals surface area contributed by atoms with Gasteiger partial charge in [-0.1, -0.05) is 12.1 Å². The third-order valence-corrected chi connectivity index (χ3v) is 4.79. The van der Waals surface area contributed by atoms with Gasteiger partial charge in [0.1, 0.15) is 11.5 Å². The molecule has 158 valence electrons. The quantitative estimate of drug-likeness (QED) is 0.377. The Labute approximate surface area is 187 Å². The Morgan fingerprint density at radius 3 is 2.42 bits per heavy atom. The molecule has 2 aromatic carbocycles. The average Bonchev–Trinajstić information content (AvgIpc) is 3.27. The molecule has 3 rings (SSSR count). The number of esters is 1. The van der Waals surface area contributed by atoms with E-state index in [2.05, 4.69) is 26.6 Å². The normalized spacial score (nSPS) is 11.0. The van der Waals surface area contributed by atoms with Crippen molar-refractivity contribution in [1.82, 2.24) is 5.32 Å². The molecule has 0 saturated heterocycles. The van der Waals surface area contributed by atoms with Gasteiger partial charge in [-0.15, -0.1) is 0 Å². The van der Waals surface area contributed by atoms with Crippen LogP contribution in [-0.2, 0) is 9.53 Å². The van der Waals surface area contributed by atoms with E-state index in [1.54, 1.807) is 67.6 Å². The highest BCUT2D eigenvalue weighted by Crippen LogP contribution is 2.17. The van der Waals surface area contributed by atoms with Gasteiger partial charge in [-0.2, -0.15) is 0 Å². The molecule has 7 nitrogen and oxygen atoms in total. The predicted octanol–water partition coefficient (Wildman–Crippen LogP) is 4.63. The van der Waals surface area contributed by atoms with Gasteiger partial charge >= 0.3 is 5.97 Å². The molecular formula is C23H19BrN2O5. The number of furan rings is 1. The lowest BCUT2D eigenvalue weighted by Crippen LogP contribution is -2.31. The fourth-order valence-electron chi connectivity index (χ4n) is 2.61. The van der Waals surface area contributed by atoms with Crippen LogP contribution in [0.3, 0.4) is 0 Å². The van der Waals surface area contributed by atoms with Crippen LogP contribution in [0.4, 0.5) is 5.69 Å². The van der Waals surface area contributed by atoms with Crippen molar-refractivity contribution in [2.24, 2.45) is 0 Å². The summed E-state index contributed by atoms with van der Waals surface area (Å²) in [4.78, 5) is 37.3. The Bertz CT molecular complexity index is 1110. The third-order valence-electron chi connectivity index (χ3n) is 4.09. The average molecular weight is 483 g/mol. The largest absolute Gasteiger partial charge is 0.465 e. The van der Waals surface area contributed by atoms with Gasteiger partial charge in [0.2, 0.25) is 0 Å². The summed E-state index contributed by atoms with van der Waals surface area (Å²) in [5, 5.41) is 5.32. The van der Waals surface area contributed by atoms with Crippen molar-refractivity contribution in [2.45, 2.75) is 6.92 Å². The van der Waals surface area contributed by atoms with E-state index >= 15 is 0 Å². The van der Waals surface area contributed by atoms with Gasteiger partial charge in [0.05, 0.1) is 24.0 Å². The van der Waals surface area contributed by atoms with Crippen LogP contribution in [0.15, 0.2) is 81.5 Å². The van der Waals surface area contributed by atoms with E-state index in [0.717, 1.165) is 0 Å². The Morgan fingerprint density at radius 2 is 1.77 bits per heavy atom. The van der Waals surface area contributed by atoms with Crippen LogP contribution in [-0.4, -0.2) is 24.4 Å². The first-order valence-electron chi connectivity index (χ1n) is 9.37. The van der Waals surface area contributed by atoms with Crippen molar-refractivity contribution in [3.05, 3.63) is 94.0 Å². The van der Waals surface area contributed by atoms with Crippen LogP contribution in [0.1, 0.15) is 33.4 Å². The number of ether oxygens (including phenoxy) is 1. The molecule has 0 aliphatic carbocycles. The van der Waals surface area contributed by atoms with Crippen molar-refractivity contribution >= 4 is 45.5 Å². The molecule has 0 spiro atoms. The Kier molecular flexibility index (Phi) is 7.40. The van der Waals surface area contributed by atoms with Gasteiger partial charge in [0.25, 0.3) is 11.8 Å². The minimum atomic E-state index is -0.555. The van der Waals surface area contributed by atoms with E-state index in [1.807, 2.05) is 0 Å². The summed E-state index contributed by atoms with van der Waals surface area (Å²) in [5.74, 6) is -1.06. The molecule has 0 aliphatic heterocycles. The number of nitrogens with one attached hydrogen (secondary N) is 2. The van der Waals surface area contributed by atoms with Gasteiger partial charge < -0.3 is 19.8 Å². The SMILES string of the molecule is CCOC(=O)c1ccc(NC(=O)C(=Cc2ccco2)NC(=O)c2ccccc2Br)cc1. The number of carbonyl (C=O) groups excluding carboxylic acids is 3. The van der Waals surface area contributed by atoms with E-state index < -0.39 is 17.8 Å². The van der Waals surface area contributed by atoms with E-state index in [0.29, 0.717) is 27.0 Å². The molecule has 0 unspecified atom stereocenters. The van der Waals surface area contributed by atoms with E-state index in [9.17, 15) is 14.4 Å². The molecule has 0 aliphatic rings. The molecule has 2 N–H and O–H groups in total. The van der Waals surface area contributed by atoms with Crippen molar-refractivity contribution in [3.8, 4) is 0 Å². The monoisotopic (exact) mass is 482 g/mol. The van der Waals surface area contributed by atoms with Crippen LogP contribution >= 0.6 is 15.9 Å². The van der Waals surface area contributed by atoms with Gasteiger partial charge in [-0.05, 0) is 71.4 Å². The van der Waals surface area contributed by atoms with E-state index in [1.165, 1.54) is 12.3 Å². The van der Waals surface area contributed by atoms with Crippen LogP contribution in [0, 0.1) is 0 Å². The summed E-state index contributed by atoms with van der Waals surface area (Å²) >= 11 is 3.33. The predicted molar refractivity (Wildman–Crippen MR) is 119 cm³/mol. The summed E-state index contributed by atoms with van der Waals surface area (Å²) < 4.78 is 10.8. The highest BCUT2D eigenvalue weighted by molar-refractivity contribution is 9.10. The fraction of sp³-hybridized carbons (Fsp3) is 0.0870. The van der Waals surface area contributed by atoms with Gasteiger partial charge in [0, 0.05) is 16.2 Å². The maximum atomic E-state index is 12.9. The molecule has 8 heteroatoms. The topological polar surface area (TPSA) is 97.6 Å². The fourth-order valence-corrected chi connectivity index (χ4v) is 3.08. The van der Waals surface area contributed by atoms with Crippen LogP contribution in [0.5, 0.6) is 0 Å². The zero-order valence-corrected chi connectivity index (χ0v) is 18.1. The lowest BCUT2D eigenvalue weighted by Gasteiger charge is -2.12. The van der Waals surface area contributed by atoms with Crippen LogP contribution < -0.4 is 10.6 Å². The number of benzene rings is 2. The highest BCUT2D eigenvalue weighted by Gasteiger charge is 2.17. The first-order valence-corrected chi connectivity index (χ1v) is 10.2. The van der Waals surface area contributed by atoms with Crippen molar-refractivity contribution in [2.75, 3.05) is 11.9 Å². The number of anilines is 1. The minimum absolute atomic E-state index is 0.00910. The summed E-state index contributed by atoms with van der Waals surface area (Å²) in [6.45, 7) is 2.00. The zero-order valence-electron chi connectivity index (χ0n) is 16.6. The van der Waals surface area contributed by atoms with Gasteiger partial charge in [0.15, 0.2) is 0 Å². The first-order chi connectivity index (χ1) is 15.0. The molecule has 0 fully saturated rings. The molecule has 1 aromatic heterocycles. The number of hydrogen-bond donors (Lipinski definition) is 2. The smallest absolute Gasteiger partial charge is 0.338 e. The molecule has 0 saturated carbocycles. The number of halogens is 1. The number of hydrogen-bond acceptors (Lipinski definition) is 5. The maximum absolute atomic E-state index is 12.9. The third kappa shape index (κ3) is 5.93. The molecule has 0 atom stereocenters. The van der Waals surface area contributed by atoms with Crippen molar-refractivity contribution in [1.29, 1.82) is 0 Å². The Morgan fingerprint density at radius 1 is 1.03 bits per heavy atom. The second kappa shape index (κ2) is 10.4. The maximum Gasteiger partial charge on any atom is 0.338 e. The van der Waals surface area contributed by atoms with Gasteiger partial charge in [-0.25, -0.2) is 4.79 Å². The molecule has 1 heterocycles. The number of rotatable bonds is 7. The summed E-state index contributed by atoms with van der Waals surface area (Å²) in [5.41, 5.74) is 1.18. The molecule has 0 radical (unpaired) electrons. The number of amides is 2. The second-order valence-electron chi connectivity index (χ2n) is 6.26. The molecule has 31 heavy (non-hydrogen) atoms. The minimum Gasteiger partial charge on any atom is -0.465 e. The lowest BCUT2D eigenvalue weighted by molar-refractivity contribution is -0.113. The van der Waals surface area contributed by atoms with Crippen molar-refractivity contribution in [3.63, 3.8) is 0 Å². The molecule has 0 bridgehead atoms. The van der Waals surface area contributed by atoms with Crippen molar-refractivity contribution < 1.29 is 23.5 Å². The molecule has 3 aromatic rings. The summed E-state index contributed by atoms with van der Waals surface area (Å²) in [7, 11) is 0. The second-order valence-corrected chi connectivity index (χ2v) is 7.11. The molecular weight excluding hydrogens is 464 g/mol. The summed E-state index contributed by atoms with van der Waals surface area (Å²) in [6.07, 6.45) is 2.89. The lowest BCUT2D eigenvalue weighted by atomic mass is 10.2. The molecule has 2 amide bonds. The van der Waals surface area contributed by atoms with E-state index in [-0.39, 0.29) is 12.3 Å². The zero-order chi connectivity index (χ0) is 22.2. The van der Waals surface area contributed by atoms with Crippen LogP contribution in [0.2, 0.25) is 0 Å². The summed E-state index contributed by atoms with van der Waals surface area (Å²) in [6, 6.07) is 16.4. The van der Waals surface area contributed by atoms with Crippen LogP contribution in [0.25, 0.3) is 6.08 Å². The number of carbonyl (C=O) groups is 3. The van der Waals surface area contributed by atoms with E-state index in [4.69, 9.17) is 9.15 Å². The van der Waals surface area contributed by atoms with Gasteiger partial charge in [-0.3, -0.25) is 9.59 Å². The standard InChI is InChI=1S/C23H19BrN2O5/c1-2-30-23(29)15-9-11-16(12-10-15)25-22(28)20(14-17-6-5-13-31-17)26-21(27)18-7-3-4-8-19(18)24/h3-14H,2H2,1H3,(H,25,28)(H,26,27). The first kappa shape index (κ1) is 22.0. The Balaban J connectivity index is 1.79. The Hall–Kier alpha value is -3.65.